The van der Waals surface area contributed by atoms with Crippen molar-refractivity contribution in [3.05, 3.63) is 22.7 Å². The minimum Gasteiger partial charge on any atom is -0.396 e. The molecule has 0 radical (unpaired) electrons. The number of hydrogen-bond donors (Lipinski definition) is 2. The maximum Gasteiger partial charge on any atom is 0.0694 e. The lowest BCUT2D eigenvalue weighted by Crippen LogP contribution is -2.33. The lowest BCUT2D eigenvalue weighted by atomic mass is 9.82. The number of benzene rings is 1. The second-order valence-electron chi connectivity index (χ2n) is 4.12. The average Bonchev–Trinajstić information content (AvgIpc) is 2.10. The molecule has 0 aliphatic heterocycles. The number of halogens is 1. The minimum absolute atomic E-state index is 0.613. The van der Waals surface area contributed by atoms with Crippen LogP contribution in [0.5, 0.6) is 0 Å². The molecule has 2 rings (SSSR count). The summed E-state index contributed by atoms with van der Waals surface area (Å²) in [7, 11) is 0. The SMILES string of the molecule is CC1CC(Nc2cccc(Br)c2N)C1. The van der Waals surface area contributed by atoms with Gasteiger partial charge in [0.15, 0.2) is 0 Å². The summed E-state index contributed by atoms with van der Waals surface area (Å²) in [5.74, 6) is 0.862. The van der Waals surface area contributed by atoms with Gasteiger partial charge in [-0.15, -0.1) is 0 Å². The van der Waals surface area contributed by atoms with Gasteiger partial charge in [-0.05, 0) is 46.8 Å². The third kappa shape index (κ3) is 1.87. The van der Waals surface area contributed by atoms with Gasteiger partial charge < -0.3 is 11.1 Å². The maximum absolute atomic E-state index is 5.93. The number of anilines is 2. The van der Waals surface area contributed by atoms with Crippen molar-refractivity contribution in [2.75, 3.05) is 11.1 Å². The van der Waals surface area contributed by atoms with E-state index in [4.69, 9.17) is 5.73 Å². The van der Waals surface area contributed by atoms with Crippen molar-refractivity contribution in [3.63, 3.8) is 0 Å². The van der Waals surface area contributed by atoms with E-state index >= 15 is 0 Å². The molecule has 14 heavy (non-hydrogen) atoms. The Labute approximate surface area is 93.0 Å². The van der Waals surface area contributed by atoms with Gasteiger partial charge in [0, 0.05) is 10.5 Å². The predicted octanol–water partition coefficient (Wildman–Crippen LogP) is 3.24. The maximum atomic E-state index is 5.93. The summed E-state index contributed by atoms with van der Waals surface area (Å²) in [4.78, 5) is 0. The molecule has 0 unspecified atom stereocenters. The number of nitrogen functional groups attached to an aromatic ring is 1. The highest BCUT2D eigenvalue weighted by Crippen LogP contribution is 2.33. The topological polar surface area (TPSA) is 38.0 Å². The Morgan fingerprint density at radius 1 is 1.43 bits per heavy atom. The Morgan fingerprint density at radius 3 is 2.79 bits per heavy atom. The molecule has 1 aromatic carbocycles. The van der Waals surface area contributed by atoms with Gasteiger partial charge in [-0.1, -0.05) is 13.0 Å². The number of para-hydroxylation sites is 1. The second kappa shape index (κ2) is 3.81. The first-order valence-electron chi connectivity index (χ1n) is 4.97. The Kier molecular flexibility index (Phi) is 2.68. The third-order valence-electron chi connectivity index (χ3n) is 2.79. The normalized spacial score (nSPS) is 25.6. The van der Waals surface area contributed by atoms with Crippen LogP contribution in [0.2, 0.25) is 0 Å². The molecule has 0 aromatic heterocycles. The molecule has 1 aromatic rings. The highest BCUT2D eigenvalue weighted by atomic mass is 79.9. The zero-order chi connectivity index (χ0) is 10.1. The van der Waals surface area contributed by atoms with Gasteiger partial charge in [-0.2, -0.15) is 0 Å². The van der Waals surface area contributed by atoms with Crippen molar-refractivity contribution in [2.24, 2.45) is 5.92 Å². The fourth-order valence-corrected chi connectivity index (χ4v) is 2.27. The van der Waals surface area contributed by atoms with Crippen LogP contribution in [0.3, 0.4) is 0 Å². The first-order valence-corrected chi connectivity index (χ1v) is 5.76. The Balaban J connectivity index is 2.06. The molecule has 1 fully saturated rings. The van der Waals surface area contributed by atoms with Gasteiger partial charge >= 0.3 is 0 Å². The van der Waals surface area contributed by atoms with E-state index in [-0.39, 0.29) is 0 Å². The minimum atomic E-state index is 0.613. The van der Waals surface area contributed by atoms with Gasteiger partial charge in [-0.3, -0.25) is 0 Å². The lowest BCUT2D eigenvalue weighted by Gasteiger charge is -2.34. The zero-order valence-electron chi connectivity index (χ0n) is 8.26. The van der Waals surface area contributed by atoms with E-state index in [1.54, 1.807) is 0 Å². The van der Waals surface area contributed by atoms with Crippen molar-refractivity contribution in [3.8, 4) is 0 Å². The van der Waals surface area contributed by atoms with Crippen LogP contribution < -0.4 is 11.1 Å². The van der Waals surface area contributed by atoms with Crippen LogP contribution in [0.25, 0.3) is 0 Å². The quantitative estimate of drug-likeness (QED) is 0.796. The number of hydrogen-bond acceptors (Lipinski definition) is 2. The third-order valence-corrected chi connectivity index (χ3v) is 3.48. The van der Waals surface area contributed by atoms with E-state index in [1.807, 2.05) is 18.2 Å². The Bertz CT molecular complexity index is 332. The van der Waals surface area contributed by atoms with Crippen LogP contribution in [0, 0.1) is 5.92 Å². The standard InChI is InChI=1S/C11H15BrN2/c1-7-5-8(6-7)14-10-4-2-3-9(12)11(10)13/h2-4,7-8,14H,5-6,13H2,1H3. The second-order valence-corrected chi connectivity index (χ2v) is 4.97. The highest BCUT2D eigenvalue weighted by Gasteiger charge is 2.25. The molecular formula is C11H15BrN2. The number of nitrogens with one attached hydrogen (secondary N) is 1. The summed E-state index contributed by atoms with van der Waals surface area (Å²) in [6, 6.07) is 6.61. The van der Waals surface area contributed by atoms with E-state index in [9.17, 15) is 0 Å². The molecule has 0 atom stereocenters. The van der Waals surface area contributed by atoms with Crippen LogP contribution in [0.4, 0.5) is 11.4 Å². The lowest BCUT2D eigenvalue weighted by molar-refractivity contribution is 0.309. The van der Waals surface area contributed by atoms with Crippen molar-refractivity contribution < 1.29 is 0 Å². The van der Waals surface area contributed by atoms with E-state index in [2.05, 4.69) is 28.2 Å². The molecule has 2 nitrogen and oxygen atoms in total. The van der Waals surface area contributed by atoms with Crippen molar-refractivity contribution in [2.45, 2.75) is 25.8 Å². The average molecular weight is 255 g/mol. The number of rotatable bonds is 2. The van der Waals surface area contributed by atoms with Crippen molar-refractivity contribution in [1.29, 1.82) is 0 Å². The molecule has 0 heterocycles. The summed E-state index contributed by atoms with van der Waals surface area (Å²) < 4.78 is 0.967. The smallest absolute Gasteiger partial charge is 0.0694 e. The predicted molar refractivity (Wildman–Crippen MR) is 64.4 cm³/mol. The number of nitrogens with two attached hydrogens (primary N) is 1. The molecule has 0 saturated heterocycles. The molecule has 1 saturated carbocycles. The summed E-state index contributed by atoms with van der Waals surface area (Å²) >= 11 is 3.42. The monoisotopic (exact) mass is 254 g/mol. The van der Waals surface area contributed by atoms with Crippen LogP contribution in [0.1, 0.15) is 19.8 Å². The summed E-state index contributed by atoms with van der Waals surface area (Å²) in [6.45, 7) is 2.28. The van der Waals surface area contributed by atoms with E-state index in [0.29, 0.717) is 6.04 Å². The molecule has 1 aliphatic rings. The first kappa shape index (κ1) is 9.84. The van der Waals surface area contributed by atoms with Gasteiger partial charge in [0.05, 0.1) is 11.4 Å². The molecule has 3 heteroatoms. The van der Waals surface area contributed by atoms with Crippen molar-refractivity contribution in [1.82, 2.24) is 0 Å². The highest BCUT2D eigenvalue weighted by molar-refractivity contribution is 9.10. The van der Waals surface area contributed by atoms with Crippen LogP contribution >= 0.6 is 15.9 Å². The van der Waals surface area contributed by atoms with E-state index < -0.39 is 0 Å². The zero-order valence-corrected chi connectivity index (χ0v) is 9.84. The van der Waals surface area contributed by atoms with E-state index in [1.165, 1.54) is 12.8 Å². The molecule has 0 spiro atoms. The molecule has 76 valence electrons. The fourth-order valence-electron chi connectivity index (χ4n) is 1.90. The van der Waals surface area contributed by atoms with Gasteiger partial charge in [-0.25, -0.2) is 0 Å². The van der Waals surface area contributed by atoms with Gasteiger partial charge in [0.25, 0.3) is 0 Å². The first-order chi connectivity index (χ1) is 6.66. The summed E-state index contributed by atoms with van der Waals surface area (Å²) in [5, 5.41) is 3.46. The molecule has 1 aliphatic carbocycles. The van der Waals surface area contributed by atoms with Crippen LogP contribution in [-0.2, 0) is 0 Å². The summed E-state index contributed by atoms with van der Waals surface area (Å²) in [5.41, 5.74) is 7.80. The summed E-state index contributed by atoms with van der Waals surface area (Å²) in [6.07, 6.45) is 2.51. The Morgan fingerprint density at radius 2 is 2.14 bits per heavy atom. The van der Waals surface area contributed by atoms with Crippen LogP contribution in [0.15, 0.2) is 22.7 Å². The van der Waals surface area contributed by atoms with Gasteiger partial charge in [0.1, 0.15) is 0 Å². The molecule has 0 bridgehead atoms. The molecular weight excluding hydrogens is 240 g/mol. The van der Waals surface area contributed by atoms with E-state index in [0.717, 1.165) is 21.8 Å². The fraction of sp³-hybridized carbons (Fsp3) is 0.455. The molecule has 3 N–H and O–H groups in total. The Hall–Kier alpha value is -0.700. The van der Waals surface area contributed by atoms with Crippen LogP contribution in [-0.4, -0.2) is 6.04 Å². The largest absolute Gasteiger partial charge is 0.396 e. The van der Waals surface area contributed by atoms with Crippen molar-refractivity contribution >= 4 is 27.3 Å². The van der Waals surface area contributed by atoms with Gasteiger partial charge in [0.2, 0.25) is 0 Å². The molecule has 0 amide bonds.